The maximum Gasteiger partial charge on any atom is 0.137 e. The van der Waals surface area contributed by atoms with E-state index in [0.717, 1.165) is 18.6 Å². The first-order valence-electron chi connectivity index (χ1n) is 5.46. The van der Waals surface area contributed by atoms with Gasteiger partial charge in [-0.05, 0) is 40.9 Å². The highest BCUT2D eigenvalue weighted by molar-refractivity contribution is 9.10. The van der Waals surface area contributed by atoms with Crippen molar-refractivity contribution in [1.82, 2.24) is 5.32 Å². The molecule has 1 fully saturated rings. The van der Waals surface area contributed by atoms with E-state index in [1.807, 2.05) is 6.07 Å². The van der Waals surface area contributed by atoms with Crippen molar-refractivity contribution in [2.24, 2.45) is 0 Å². The van der Waals surface area contributed by atoms with Gasteiger partial charge in [0.25, 0.3) is 0 Å². The van der Waals surface area contributed by atoms with Crippen LogP contribution in [0.4, 0.5) is 4.39 Å². The van der Waals surface area contributed by atoms with Crippen LogP contribution in [0.15, 0.2) is 22.7 Å². The number of hydrogen-bond donors (Lipinski definition) is 1. The molecule has 1 heterocycles. The number of nitrogens with one attached hydrogen (secondary N) is 1. The Morgan fingerprint density at radius 3 is 3.06 bits per heavy atom. The molecule has 1 saturated heterocycles. The van der Waals surface area contributed by atoms with Crippen molar-refractivity contribution in [2.45, 2.75) is 32.0 Å². The summed E-state index contributed by atoms with van der Waals surface area (Å²) >= 11 is 3.26. The summed E-state index contributed by atoms with van der Waals surface area (Å²) in [7, 11) is 0. The minimum absolute atomic E-state index is 0.213. The van der Waals surface area contributed by atoms with Crippen LogP contribution in [0.3, 0.4) is 0 Å². The predicted octanol–water partition coefficient (Wildman–Crippen LogP) is 2.86. The lowest BCUT2D eigenvalue weighted by atomic mass is 10.1. The number of hydrogen-bond acceptors (Lipinski definition) is 2. The maximum atomic E-state index is 13.3. The average Bonchev–Trinajstić information content (AvgIpc) is 2.67. The van der Waals surface area contributed by atoms with Gasteiger partial charge in [-0.25, -0.2) is 4.39 Å². The molecule has 2 atom stereocenters. The van der Waals surface area contributed by atoms with Crippen molar-refractivity contribution in [1.29, 1.82) is 0 Å². The molecule has 0 spiro atoms. The van der Waals surface area contributed by atoms with Crippen LogP contribution < -0.4 is 5.32 Å². The first kappa shape index (κ1) is 12.0. The Morgan fingerprint density at radius 1 is 1.56 bits per heavy atom. The Balaban J connectivity index is 1.96. The van der Waals surface area contributed by atoms with Crippen LogP contribution in [0.25, 0.3) is 0 Å². The third-order valence-electron chi connectivity index (χ3n) is 2.96. The molecule has 4 heteroatoms. The van der Waals surface area contributed by atoms with Crippen LogP contribution in [0.5, 0.6) is 0 Å². The smallest absolute Gasteiger partial charge is 0.137 e. The van der Waals surface area contributed by atoms with Gasteiger partial charge in [0.1, 0.15) is 5.82 Å². The van der Waals surface area contributed by atoms with Gasteiger partial charge in [0.2, 0.25) is 0 Å². The van der Waals surface area contributed by atoms with Crippen LogP contribution in [0, 0.1) is 5.82 Å². The van der Waals surface area contributed by atoms with Crippen LogP contribution in [-0.2, 0) is 11.3 Å². The van der Waals surface area contributed by atoms with E-state index in [9.17, 15) is 4.39 Å². The Bertz CT molecular complexity index is 372. The largest absolute Gasteiger partial charge is 0.377 e. The second-order valence-electron chi connectivity index (χ2n) is 4.06. The lowest BCUT2D eigenvalue weighted by Crippen LogP contribution is -2.34. The highest BCUT2D eigenvalue weighted by Gasteiger charge is 2.23. The molecule has 0 radical (unpaired) electrons. The molecule has 2 rings (SSSR count). The summed E-state index contributed by atoms with van der Waals surface area (Å²) in [5.74, 6) is -0.213. The number of ether oxygens (including phenoxy) is 1. The topological polar surface area (TPSA) is 21.3 Å². The average molecular weight is 288 g/mol. The van der Waals surface area contributed by atoms with Crippen molar-refractivity contribution < 1.29 is 9.13 Å². The second-order valence-corrected chi connectivity index (χ2v) is 4.86. The summed E-state index contributed by atoms with van der Waals surface area (Å²) in [6.07, 6.45) is 1.26. The second kappa shape index (κ2) is 5.25. The molecule has 2 nitrogen and oxygen atoms in total. The molecule has 1 aliphatic rings. The fraction of sp³-hybridized carbons (Fsp3) is 0.500. The molecule has 0 saturated carbocycles. The first-order chi connectivity index (χ1) is 7.68. The Labute approximate surface area is 103 Å². The molecule has 88 valence electrons. The zero-order valence-corrected chi connectivity index (χ0v) is 10.8. The first-order valence-corrected chi connectivity index (χ1v) is 6.25. The summed E-state index contributed by atoms with van der Waals surface area (Å²) in [5.41, 5.74) is 0.944. The Morgan fingerprint density at radius 2 is 2.38 bits per heavy atom. The lowest BCUT2D eigenvalue weighted by Gasteiger charge is -2.16. The van der Waals surface area contributed by atoms with Crippen LogP contribution in [0.1, 0.15) is 18.9 Å². The van der Waals surface area contributed by atoms with Gasteiger partial charge < -0.3 is 10.1 Å². The van der Waals surface area contributed by atoms with E-state index >= 15 is 0 Å². The monoisotopic (exact) mass is 287 g/mol. The normalized spacial score (nSPS) is 24.9. The minimum Gasteiger partial charge on any atom is -0.377 e. The van der Waals surface area contributed by atoms with Gasteiger partial charge in [-0.2, -0.15) is 0 Å². The zero-order chi connectivity index (χ0) is 11.5. The standard InChI is InChI=1S/C12H15BrFNO/c1-8-11(5-6-16-8)15-7-9-3-2-4-10(14)12(9)13/h2-4,8,11,15H,5-7H2,1H3. The maximum absolute atomic E-state index is 13.3. The molecule has 0 aromatic heterocycles. The van der Waals surface area contributed by atoms with Gasteiger partial charge >= 0.3 is 0 Å². The number of rotatable bonds is 3. The number of benzene rings is 1. The molecule has 1 aliphatic heterocycles. The van der Waals surface area contributed by atoms with E-state index in [4.69, 9.17) is 4.74 Å². The van der Waals surface area contributed by atoms with Crippen molar-refractivity contribution in [3.63, 3.8) is 0 Å². The Kier molecular flexibility index (Phi) is 3.95. The summed E-state index contributed by atoms with van der Waals surface area (Å²) in [6, 6.07) is 5.47. The van der Waals surface area contributed by atoms with Gasteiger partial charge in [-0.3, -0.25) is 0 Å². The molecule has 16 heavy (non-hydrogen) atoms. The summed E-state index contributed by atoms with van der Waals surface area (Å²) in [6.45, 7) is 3.53. The lowest BCUT2D eigenvalue weighted by molar-refractivity contribution is 0.113. The van der Waals surface area contributed by atoms with E-state index in [1.54, 1.807) is 6.07 Å². The summed E-state index contributed by atoms with van der Waals surface area (Å²) in [4.78, 5) is 0. The van der Waals surface area contributed by atoms with Crippen LogP contribution >= 0.6 is 15.9 Å². The van der Waals surface area contributed by atoms with E-state index in [0.29, 0.717) is 17.1 Å². The number of halogens is 2. The quantitative estimate of drug-likeness (QED) is 0.923. The van der Waals surface area contributed by atoms with Gasteiger partial charge in [0.15, 0.2) is 0 Å². The van der Waals surface area contributed by atoms with E-state index in [2.05, 4.69) is 28.2 Å². The van der Waals surface area contributed by atoms with Crippen molar-refractivity contribution >= 4 is 15.9 Å². The molecular weight excluding hydrogens is 273 g/mol. The molecule has 0 aliphatic carbocycles. The van der Waals surface area contributed by atoms with Gasteiger partial charge in [0, 0.05) is 19.2 Å². The molecule has 1 N–H and O–H groups in total. The van der Waals surface area contributed by atoms with Gasteiger partial charge in [0.05, 0.1) is 10.6 Å². The SMILES string of the molecule is CC1OCCC1NCc1cccc(F)c1Br. The van der Waals surface area contributed by atoms with E-state index in [1.165, 1.54) is 6.07 Å². The van der Waals surface area contributed by atoms with E-state index in [-0.39, 0.29) is 11.9 Å². The van der Waals surface area contributed by atoms with Crippen molar-refractivity contribution in [3.8, 4) is 0 Å². The zero-order valence-electron chi connectivity index (χ0n) is 9.17. The third-order valence-corrected chi connectivity index (χ3v) is 3.85. The van der Waals surface area contributed by atoms with Crippen molar-refractivity contribution in [3.05, 3.63) is 34.1 Å². The fourth-order valence-electron chi connectivity index (χ4n) is 1.93. The molecular formula is C12H15BrFNO. The van der Waals surface area contributed by atoms with Gasteiger partial charge in [-0.15, -0.1) is 0 Å². The third kappa shape index (κ3) is 2.62. The van der Waals surface area contributed by atoms with Gasteiger partial charge in [-0.1, -0.05) is 12.1 Å². The van der Waals surface area contributed by atoms with E-state index < -0.39 is 0 Å². The van der Waals surface area contributed by atoms with Crippen LogP contribution in [0.2, 0.25) is 0 Å². The minimum atomic E-state index is -0.213. The fourth-order valence-corrected chi connectivity index (χ4v) is 2.33. The summed E-state index contributed by atoms with van der Waals surface area (Å²) < 4.78 is 19.3. The highest BCUT2D eigenvalue weighted by atomic mass is 79.9. The molecule has 1 aromatic rings. The Hall–Kier alpha value is -0.450. The summed E-state index contributed by atoms with van der Waals surface area (Å²) in [5, 5.41) is 3.39. The van der Waals surface area contributed by atoms with Crippen LogP contribution in [-0.4, -0.2) is 18.8 Å². The molecule has 2 unspecified atom stereocenters. The molecule has 1 aromatic carbocycles. The molecule has 0 bridgehead atoms. The molecule has 0 amide bonds. The van der Waals surface area contributed by atoms with Crippen molar-refractivity contribution in [2.75, 3.05) is 6.61 Å². The highest BCUT2D eigenvalue weighted by Crippen LogP contribution is 2.21. The predicted molar refractivity (Wildman–Crippen MR) is 64.8 cm³/mol.